The first-order chi connectivity index (χ1) is 11.2. The van der Waals surface area contributed by atoms with Gasteiger partial charge in [-0.1, -0.05) is 0 Å². The molecule has 2 N–H and O–H groups in total. The molecule has 1 atom stereocenters. The molecule has 1 unspecified atom stereocenters. The molecule has 23 heavy (non-hydrogen) atoms. The van der Waals surface area contributed by atoms with Gasteiger partial charge in [-0.15, -0.1) is 9.24 Å². The summed E-state index contributed by atoms with van der Waals surface area (Å²) in [6.45, 7) is 3.03. The molecule has 8 nitrogen and oxygen atoms in total. The van der Waals surface area contributed by atoms with Crippen LogP contribution in [0.4, 0.5) is 11.4 Å². The highest BCUT2D eigenvalue weighted by molar-refractivity contribution is 7.16. The van der Waals surface area contributed by atoms with Gasteiger partial charge in [0.25, 0.3) is 10.9 Å². The summed E-state index contributed by atoms with van der Waals surface area (Å²) in [5.74, 6) is 0. The van der Waals surface area contributed by atoms with E-state index in [2.05, 4.69) is 19.9 Å². The van der Waals surface area contributed by atoms with Crippen molar-refractivity contribution in [2.24, 2.45) is 0 Å². The lowest BCUT2D eigenvalue weighted by molar-refractivity contribution is -0.108. The van der Waals surface area contributed by atoms with Crippen LogP contribution in [0.1, 0.15) is 6.42 Å². The zero-order chi connectivity index (χ0) is 16.9. The Bertz CT molecular complexity index is 529. The molecule has 130 valence electrons. The van der Waals surface area contributed by atoms with Crippen molar-refractivity contribution in [2.45, 2.75) is 6.42 Å². The van der Waals surface area contributed by atoms with E-state index in [1.165, 1.54) is 0 Å². The standard InChI is InChI=1S/C14H23N2O6P/c17-3-1-4-20-6-8-22-9-7-21-5-2-15-11-12(16-10-23)14(19)13(11)18/h3,15-16H,1-2,4-10,23H2. The van der Waals surface area contributed by atoms with Gasteiger partial charge in [0.15, 0.2) is 0 Å². The van der Waals surface area contributed by atoms with E-state index in [-0.39, 0.29) is 0 Å². The summed E-state index contributed by atoms with van der Waals surface area (Å²) >= 11 is 0. The Labute approximate surface area is 136 Å². The number of carbonyl (C=O) groups excluding carboxylic acids is 1. The number of carbonyl (C=O) groups is 1. The highest BCUT2D eigenvalue weighted by Crippen LogP contribution is 2.13. The van der Waals surface area contributed by atoms with E-state index in [0.717, 1.165) is 6.29 Å². The molecule has 0 spiro atoms. The Morgan fingerprint density at radius 3 is 1.91 bits per heavy atom. The number of rotatable bonds is 15. The summed E-state index contributed by atoms with van der Waals surface area (Å²) in [6.07, 6.45) is 1.72. The first kappa shape index (κ1) is 19.7. The minimum absolute atomic E-state index is 0.324. The number of ether oxygens (including phenoxy) is 3. The molecule has 0 heterocycles. The van der Waals surface area contributed by atoms with Crippen molar-refractivity contribution in [1.82, 2.24) is 0 Å². The van der Waals surface area contributed by atoms with E-state index in [9.17, 15) is 14.4 Å². The molecular weight excluding hydrogens is 323 g/mol. The molecule has 0 bridgehead atoms. The average Bonchev–Trinajstić information content (AvgIpc) is 2.57. The third-order valence-electron chi connectivity index (χ3n) is 2.86. The third kappa shape index (κ3) is 7.18. The molecule has 1 aromatic carbocycles. The Kier molecular flexibility index (Phi) is 10.4. The minimum atomic E-state index is -0.496. The van der Waals surface area contributed by atoms with Gasteiger partial charge in [-0.25, -0.2) is 0 Å². The van der Waals surface area contributed by atoms with Gasteiger partial charge in [0.1, 0.15) is 17.7 Å². The number of anilines is 2. The van der Waals surface area contributed by atoms with Gasteiger partial charge in [0, 0.05) is 19.3 Å². The lowest BCUT2D eigenvalue weighted by Gasteiger charge is -2.13. The van der Waals surface area contributed by atoms with Crippen LogP contribution in [0.2, 0.25) is 0 Å². The topological polar surface area (TPSA) is 103 Å². The fourth-order valence-electron chi connectivity index (χ4n) is 1.75. The maximum Gasteiger partial charge on any atom is 0.253 e. The second kappa shape index (κ2) is 12.1. The molecule has 0 fully saturated rings. The molecule has 0 amide bonds. The number of hydrogen-bond acceptors (Lipinski definition) is 8. The van der Waals surface area contributed by atoms with Crippen LogP contribution in [-0.2, 0) is 19.0 Å². The molecule has 9 heteroatoms. The molecule has 0 aromatic heterocycles. The summed E-state index contributed by atoms with van der Waals surface area (Å²) < 4.78 is 15.7. The van der Waals surface area contributed by atoms with Crippen LogP contribution in [0.3, 0.4) is 0 Å². The Morgan fingerprint density at radius 1 is 0.826 bits per heavy atom. The lowest BCUT2D eigenvalue weighted by Crippen LogP contribution is -2.37. The van der Waals surface area contributed by atoms with E-state index in [4.69, 9.17) is 14.2 Å². The highest BCUT2D eigenvalue weighted by Gasteiger charge is 2.19. The maximum absolute atomic E-state index is 11.4. The first-order valence-corrected chi connectivity index (χ1v) is 8.22. The third-order valence-corrected chi connectivity index (χ3v) is 3.07. The van der Waals surface area contributed by atoms with Crippen LogP contribution in [-0.4, -0.2) is 58.8 Å². The summed E-state index contributed by atoms with van der Waals surface area (Å²) in [5, 5.41) is 5.71. The predicted molar refractivity (Wildman–Crippen MR) is 91.2 cm³/mol. The monoisotopic (exact) mass is 346 g/mol. The minimum Gasteiger partial charge on any atom is -0.379 e. The predicted octanol–water partition coefficient (Wildman–Crippen LogP) is -0.422. The number of nitrogens with one attached hydrogen (secondary N) is 2. The normalized spacial score (nSPS) is 10.8. The lowest BCUT2D eigenvalue weighted by atomic mass is 10.2. The highest BCUT2D eigenvalue weighted by atomic mass is 31.0. The van der Waals surface area contributed by atoms with Crippen LogP contribution in [0.5, 0.6) is 0 Å². The van der Waals surface area contributed by atoms with Crippen molar-refractivity contribution in [3.8, 4) is 0 Å². The zero-order valence-electron chi connectivity index (χ0n) is 13.0. The van der Waals surface area contributed by atoms with Crippen molar-refractivity contribution < 1.29 is 19.0 Å². The molecule has 1 rings (SSSR count). The Morgan fingerprint density at radius 2 is 1.35 bits per heavy atom. The van der Waals surface area contributed by atoms with E-state index in [0.29, 0.717) is 70.3 Å². The average molecular weight is 346 g/mol. The quantitative estimate of drug-likeness (QED) is 0.191. The summed E-state index contributed by atoms with van der Waals surface area (Å²) in [7, 11) is 2.43. The number of aldehydes is 1. The van der Waals surface area contributed by atoms with Gasteiger partial charge in [-0.05, 0) is 0 Å². The molecule has 0 radical (unpaired) electrons. The van der Waals surface area contributed by atoms with Crippen molar-refractivity contribution in [1.29, 1.82) is 0 Å². The molecule has 0 saturated heterocycles. The van der Waals surface area contributed by atoms with Crippen LogP contribution >= 0.6 is 9.24 Å². The van der Waals surface area contributed by atoms with Crippen LogP contribution in [0.15, 0.2) is 9.59 Å². The zero-order valence-corrected chi connectivity index (χ0v) is 14.1. The summed E-state index contributed by atoms with van der Waals surface area (Å²) in [5.41, 5.74) is -0.323. The smallest absolute Gasteiger partial charge is 0.253 e. The van der Waals surface area contributed by atoms with Gasteiger partial charge < -0.3 is 29.6 Å². The molecule has 0 aliphatic heterocycles. The maximum atomic E-state index is 11.4. The first-order valence-electron chi connectivity index (χ1n) is 7.40. The fourth-order valence-corrected chi connectivity index (χ4v) is 1.96. The van der Waals surface area contributed by atoms with E-state index in [1.807, 2.05) is 0 Å². The Hall–Kier alpha value is -1.34. The SMILES string of the molecule is O=CCCOCCOCCOCCNc1c(NCP)c(=O)c1=O. The molecular formula is C14H23N2O6P. The van der Waals surface area contributed by atoms with Gasteiger partial charge in [0.2, 0.25) is 0 Å². The van der Waals surface area contributed by atoms with Gasteiger partial charge in [-0.3, -0.25) is 9.59 Å². The van der Waals surface area contributed by atoms with Gasteiger partial charge >= 0.3 is 0 Å². The second-order valence-electron chi connectivity index (χ2n) is 4.51. The molecule has 0 aliphatic rings. The van der Waals surface area contributed by atoms with Crippen molar-refractivity contribution in [3.05, 3.63) is 20.4 Å². The van der Waals surface area contributed by atoms with Gasteiger partial charge in [0.05, 0.1) is 39.6 Å². The van der Waals surface area contributed by atoms with Crippen molar-refractivity contribution in [3.63, 3.8) is 0 Å². The van der Waals surface area contributed by atoms with E-state index in [1.54, 1.807) is 0 Å². The van der Waals surface area contributed by atoms with Crippen molar-refractivity contribution >= 4 is 26.9 Å². The van der Waals surface area contributed by atoms with E-state index >= 15 is 0 Å². The van der Waals surface area contributed by atoms with Crippen molar-refractivity contribution in [2.75, 3.05) is 63.1 Å². The van der Waals surface area contributed by atoms with Crippen LogP contribution in [0.25, 0.3) is 0 Å². The summed E-state index contributed by atoms with van der Waals surface area (Å²) in [6, 6.07) is 0. The molecule has 0 saturated carbocycles. The Balaban J connectivity index is 1.96. The van der Waals surface area contributed by atoms with Gasteiger partial charge in [-0.2, -0.15) is 0 Å². The molecule has 1 aromatic rings. The summed E-state index contributed by atoms with van der Waals surface area (Å²) in [4.78, 5) is 32.7. The fraction of sp³-hybridized carbons (Fsp3) is 0.643. The largest absolute Gasteiger partial charge is 0.379 e. The number of hydrogen-bond donors (Lipinski definition) is 2. The van der Waals surface area contributed by atoms with E-state index < -0.39 is 10.9 Å². The second-order valence-corrected chi connectivity index (χ2v) is 4.92. The molecule has 0 aliphatic carbocycles. The van der Waals surface area contributed by atoms with Crippen LogP contribution in [0, 0.1) is 0 Å². The van der Waals surface area contributed by atoms with Crippen LogP contribution < -0.4 is 21.5 Å².